The van der Waals surface area contributed by atoms with Gasteiger partial charge in [-0.05, 0) is 24.6 Å². The van der Waals surface area contributed by atoms with Crippen LogP contribution in [0.1, 0.15) is 12.5 Å². The second-order valence-electron chi connectivity index (χ2n) is 5.88. The minimum absolute atomic E-state index is 0. The summed E-state index contributed by atoms with van der Waals surface area (Å²) in [5, 5.41) is 3.07. The zero-order chi connectivity index (χ0) is 18.4. The lowest BCUT2D eigenvalue weighted by Crippen LogP contribution is -2.51. The summed E-state index contributed by atoms with van der Waals surface area (Å²) in [5.41, 5.74) is 7.23. The summed E-state index contributed by atoms with van der Waals surface area (Å²) in [7, 11) is 1.64. The largest absolute Gasteiger partial charge is 0.493 e. The first-order chi connectivity index (χ1) is 12.7. The summed E-state index contributed by atoms with van der Waals surface area (Å²) < 4.78 is 10.9. The summed E-state index contributed by atoms with van der Waals surface area (Å²) in [5.74, 6) is 2.04. The highest BCUT2D eigenvalue weighted by molar-refractivity contribution is 14.0. The number of ether oxygens (including phenoxy) is 2. The second kappa shape index (κ2) is 10.5. The number of thiazole rings is 1. The first-order valence-corrected chi connectivity index (χ1v) is 9.58. The van der Waals surface area contributed by atoms with Gasteiger partial charge in [-0.3, -0.25) is 0 Å². The Bertz CT molecular complexity index is 733. The molecule has 0 aliphatic carbocycles. The number of halogens is 1. The predicted molar refractivity (Wildman–Crippen MR) is 121 cm³/mol. The van der Waals surface area contributed by atoms with Gasteiger partial charge in [0.05, 0.1) is 20.3 Å². The molecule has 3 rings (SSSR count). The zero-order valence-corrected chi connectivity index (χ0v) is 18.8. The van der Waals surface area contributed by atoms with Crippen LogP contribution in [-0.2, 0) is 6.54 Å². The monoisotopic (exact) mass is 503 g/mol. The van der Waals surface area contributed by atoms with E-state index < -0.39 is 0 Å². The lowest BCUT2D eigenvalue weighted by atomic mass is 10.2. The Kier molecular flexibility index (Phi) is 8.42. The molecule has 0 spiro atoms. The Balaban J connectivity index is 0.00000261. The fourth-order valence-corrected chi connectivity index (χ4v) is 3.55. The number of nitrogens with two attached hydrogens (primary N) is 1. The molecule has 0 bridgehead atoms. The van der Waals surface area contributed by atoms with Crippen LogP contribution in [-0.4, -0.2) is 55.7 Å². The van der Waals surface area contributed by atoms with Crippen LogP contribution in [0.2, 0.25) is 0 Å². The molecular weight excluding hydrogens is 477 g/mol. The van der Waals surface area contributed by atoms with Gasteiger partial charge in [0.1, 0.15) is 0 Å². The van der Waals surface area contributed by atoms with Crippen molar-refractivity contribution < 1.29 is 9.47 Å². The molecule has 27 heavy (non-hydrogen) atoms. The number of hydrogen-bond donors (Lipinski definition) is 1. The second-order valence-corrected chi connectivity index (χ2v) is 6.75. The van der Waals surface area contributed by atoms with Gasteiger partial charge in [0.15, 0.2) is 22.6 Å². The molecule has 2 N–H and O–H groups in total. The molecule has 2 heterocycles. The molecule has 1 aliphatic heterocycles. The van der Waals surface area contributed by atoms with E-state index in [-0.39, 0.29) is 24.0 Å². The van der Waals surface area contributed by atoms with E-state index in [0.29, 0.717) is 19.1 Å². The predicted octanol–water partition coefficient (Wildman–Crippen LogP) is 2.81. The van der Waals surface area contributed by atoms with E-state index in [2.05, 4.69) is 19.8 Å². The summed E-state index contributed by atoms with van der Waals surface area (Å²) in [6, 6.07) is 5.85. The van der Waals surface area contributed by atoms with Gasteiger partial charge < -0.3 is 25.0 Å². The Morgan fingerprint density at radius 3 is 2.67 bits per heavy atom. The third-order valence-corrected chi connectivity index (χ3v) is 5.08. The zero-order valence-electron chi connectivity index (χ0n) is 15.6. The average molecular weight is 503 g/mol. The van der Waals surface area contributed by atoms with Crippen molar-refractivity contribution in [2.75, 3.05) is 44.8 Å². The van der Waals surface area contributed by atoms with Crippen molar-refractivity contribution in [2.24, 2.45) is 10.7 Å². The van der Waals surface area contributed by atoms with E-state index >= 15 is 0 Å². The van der Waals surface area contributed by atoms with Crippen molar-refractivity contribution in [3.05, 3.63) is 35.3 Å². The van der Waals surface area contributed by atoms with Crippen LogP contribution in [0.4, 0.5) is 5.13 Å². The lowest BCUT2D eigenvalue weighted by Gasteiger charge is -2.35. The molecule has 2 aromatic rings. The van der Waals surface area contributed by atoms with Crippen LogP contribution in [0.3, 0.4) is 0 Å². The third kappa shape index (κ3) is 5.61. The molecule has 1 aromatic heterocycles. The SMILES string of the molecule is CCOc1ccc(CN=C(N)N2CCN(c3nccs3)CC2)cc1OC.I. The summed E-state index contributed by atoms with van der Waals surface area (Å²) in [6.07, 6.45) is 1.84. The number of methoxy groups -OCH3 is 1. The number of guanidine groups is 1. The maximum absolute atomic E-state index is 6.20. The highest BCUT2D eigenvalue weighted by Gasteiger charge is 2.19. The van der Waals surface area contributed by atoms with Gasteiger partial charge in [0, 0.05) is 37.8 Å². The molecule has 0 saturated carbocycles. The van der Waals surface area contributed by atoms with Crippen molar-refractivity contribution in [3.63, 3.8) is 0 Å². The number of rotatable bonds is 6. The van der Waals surface area contributed by atoms with Crippen LogP contribution in [0.5, 0.6) is 11.5 Å². The highest BCUT2D eigenvalue weighted by atomic mass is 127. The molecule has 1 aliphatic rings. The van der Waals surface area contributed by atoms with Crippen LogP contribution in [0.15, 0.2) is 34.8 Å². The molecule has 0 amide bonds. The smallest absolute Gasteiger partial charge is 0.191 e. The average Bonchev–Trinajstić information content (AvgIpc) is 3.22. The Morgan fingerprint density at radius 1 is 1.26 bits per heavy atom. The highest BCUT2D eigenvalue weighted by Crippen LogP contribution is 2.28. The normalized spacial score (nSPS) is 14.7. The minimum Gasteiger partial charge on any atom is -0.493 e. The summed E-state index contributed by atoms with van der Waals surface area (Å²) in [6.45, 7) is 6.58. The van der Waals surface area contributed by atoms with E-state index in [1.54, 1.807) is 18.4 Å². The minimum atomic E-state index is 0. The van der Waals surface area contributed by atoms with Crippen LogP contribution in [0, 0.1) is 0 Å². The quantitative estimate of drug-likeness (QED) is 0.371. The first kappa shape index (κ1) is 21.5. The molecule has 148 valence electrons. The van der Waals surface area contributed by atoms with Gasteiger partial charge in [0.2, 0.25) is 0 Å². The molecule has 7 nitrogen and oxygen atoms in total. The number of piperazine rings is 1. The van der Waals surface area contributed by atoms with Crippen molar-refractivity contribution in [1.82, 2.24) is 9.88 Å². The molecule has 1 saturated heterocycles. The van der Waals surface area contributed by atoms with Gasteiger partial charge in [-0.1, -0.05) is 6.07 Å². The number of anilines is 1. The van der Waals surface area contributed by atoms with Crippen molar-refractivity contribution in [2.45, 2.75) is 13.5 Å². The number of aromatic nitrogens is 1. The molecule has 0 atom stereocenters. The topological polar surface area (TPSA) is 76.2 Å². The number of benzene rings is 1. The molecule has 0 unspecified atom stereocenters. The standard InChI is InChI=1S/C18H25N5O2S.HI/c1-3-25-15-5-4-14(12-16(15)24-2)13-21-17(19)22-7-9-23(10-8-22)18-20-6-11-26-18;/h4-6,11-12H,3,7-10,13H2,1-2H3,(H2,19,21);1H. The van der Waals surface area contributed by atoms with Gasteiger partial charge in [0.25, 0.3) is 0 Å². The molecule has 9 heteroatoms. The molecule has 1 fully saturated rings. The maximum Gasteiger partial charge on any atom is 0.191 e. The van der Waals surface area contributed by atoms with Crippen molar-refractivity contribution in [1.29, 1.82) is 0 Å². The van der Waals surface area contributed by atoms with Crippen molar-refractivity contribution in [3.8, 4) is 11.5 Å². The number of hydrogen-bond acceptors (Lipinski definition) is 6. The number of aliphatic imine (C=N–C) groups is 1. The van der Waals surface area contributed by atoms with E-state index in [4.69, 9.17) is 15.2 Å². The molecule has 0 radical (unpaired) electrons. The van der Waals surface area contributed by atoms with Crippen LogP contribution >= 0.6 is 35.3 Å². The van der Waals surface area contributed by atoms with E-state index in [0.717, 1.165) is 48.4 Å². The fourth-order valence-electron chi connectivity index (χ4n) is 2.86. The third-order valence-electron chi connectivity index (χ3n) is 4.24. The molecular formula is C18H26IN5O2S. The Morgan fingerprint density at radius 2 is 2.04 bits per heavy atom. The van der Waals surface area contributed by atoms with Crippen molar-refractivity contribution >= 4 is 46.4 Å². The number of nitrogens with zero attached hydrogens (tertiary/aromatic N) is 4. The fraction of sp³-hybridized carbons (Fsp3) is 0.444. The lowest BCUT2D eigenvalue weighted by molar-refractivity contribution is 0.310. The summed E-state index contributed by atoms with van der Waals surface area (Å²) in [4.78, 5) is 13.3. The Hall–Kier alpha value is -1.75. The van der Waals surface area contributed by atoms with Crippen LogP contribution < -0.4 is 20.1 Å². The summed E-state index contributed by atoms with van der Waals surface area (Å²) >= 11 is 1.67. The first-order valence-electron chi connectivity index (χ1n) is 8.70. The maximum atomic E-state index is 6.20. The Labute approximate surface area is 181 Å². The van der Waals surface area contributed by atoms with Crippen LogP contribution in [0.25, 0.3) is 0 Å². The van der Waals surface area contributed by atoms with Gasteiger partial charge in [-0.2, -0.15) is 0 Å². The van der Waals surface area contributed by atoms with E-state index in [1.807, 2.05) is 36.7 Å². The van der Waals surface area contributed by atoms with E-state index in [9.17, 15) is 0 Å². The van der Waals surface area contributed by atoms with Gasteiger partial charge in [-0.25, -0.2) is 9.98 Å². The van der Waals surface area contributed by atoms with E-state index in [1.165, 1.54) is 0 Å². The molecule has 1 aromatic carbocycles. The van der Waals surface area contributed by atoms with Gasteiger partial charge in [-0.15, -0.1) is 35.3 Å². The van der Waals surface area contributed by atoms with Gasteiger partial charge >= 0.3 is 0 Å².